The van der Waals surface area contributed by atoms with Gasteiger partial charge in [-0.3, -0.25) is 14.0 Å². The summed E-state index contributed by atoms with van der Waals surface area (Å²) < 4.78 is 3.21. The topological polar surface area (TPSA) is 97.8 Å². The largest absolute Gasteiger partial charge is 0.345 e. The summed E-state index contributed by atoms with van der Waals surface area (Å²) in [7, 11) is 3.54. The van der Waals surface area contributed by atoms with E-state index in [9.17, 15) is 4.79 Å². The lowest BCUT2D eigenvalue weighted by Gasteiger charge is -2.25. The Morgan fingerprint density at radius 3 is 2.68 bits per heavy atom. The van der Waals surface area contributed by atoms with E-state index in [4.69, 9.17) is 33.9 Å². The molecule has 0 aliphatic carbocycles. The minimum absolute atomic E-state index is 0.121. The van der Waals surface area contributed by atoms with Crippen molar-refractivity contribution in [1.82, 2.24) is 24.3 Å². The smallest absolute Gasteiger partial charge is 0.264 e. The number of aryl methyl sites for hydroxylation is 1. The van der Waals surface area contributed by atoms with Crippen molar-refractivity contribution in [3.05, 3.63) is 38.9 Å². The van der Waals surface area contributed by atoms with Crippen molar-refractivity contribution in [2.24, 2.45) is 19.8 Å². The first kappa shape index (κ1) is 19.2. The Bertz CT molecular complexity index is 1440. The highest BCUT2D eigenvalue weighted by Crippen LogP contribution is 2.41. The molecule has 2 saturated heterocycles. The quantitative estimate of drug-likeness (QED) is 0.481. The summed E-state index contributed by atoms with van der Waals surface area (Å²) in [5.41, 5.74) is 8.84. The Hall–Kier alpha value is -2.55. The average molecular weight is 458 g/mol. The minimum atomic E-state index is -0.121. The van der Waals surface area contributed by atoms with Gasteiger partial charge in [-0.25, -0.2) is 0 Å². The molecule has 0 spiro atoms. The zero-order valence-corrected chi connectivity index (χ0v) is 18.6. The fourth-order valence-corrected chi connectivity index (χ4v) is 5.99. The van der Waals surface area contributed by atoms with Crippen molar-refractivity contribution in [3.8, 4) is 11.1 Å². The fraction of sp³-hybridized carbons (Fsp3) is 0.381. The van der Waals surface area contributed by atoms with Crippen LogP contribution in [-0.2, 0) is 14.1 Å². The Morgan fingerprint density at radius 2 is 1.97 bits per heavy atom. The summed E-state index contributed by atoms with van der Waals surface area (Å²) in [6.45, 7) is 0. The predicted octanol–water partition coefficient (Wildman–Crippen LogP) is 3.19. The molecule has 8 nitrogen and oxygen atoms in total. The highest BCUT2D eigenvalue weighted by Gasteiger charge is 2.46. The zero-order chi connectivity index (χ0) is 21.6. The molecule has 0 saturated carbocycles. The second-order valence-electron chi connectivity index (χ2n) is 8.54. The van der Waals surface area contributed by atoms with Gasteiger partial charge in [0.1, 0.15) is 10.8 Å². The number of hydrogen-bond acceptors (Lipinski definition) is 5. The van der Waals surface area contributed by atoms with Crippen LogP contribution < -0.4 is 16.2 Å². The van der Waals surface area contributed by atoms with Crippen molar-refractivity contribution < 1.29 is 0 Å². The molecule has 6 rings (SSSR count). The predicted molar refractivity (Wildman–Crippen MR) is 123 cm³/mol. The van der Waals surface area contributed by atoms with Gasteiger partial charge in [0.05, 0.1) is 21.3 Å². The molecule has 2 fully saturated rings. The normalized spacial score (nSPS) is 23.0. The molecule has 1 aromatic carbocycles. The monoisotopic (exact) mass is 457 g/mol. The lowest BCUT2D eigenvalue weighted by atomic mass is 9.97. The Morgan fingerprint density at radius 1 is 1.16 bits per heavy atom. The molecule has 4 aromatic rings. The maximum absolute atomic E-state index is 13.5. The number of fused-ring (bicyclic) bond motifs is 4. The van der Waals surface area contributed by atoms with Crippen LogP contribution >= 0.6 is 23.2 Å². The van der Waals surface area contributed by atoms with E-state index in [1.807, 2.05) is 12.1 Å². The second-order valence-corrected chi connectivity index (χ2v) is 9.28. The van der Waals surface area contributed by atoms with Crippen LogP contribution in [0.4, 0.5) is 5.95 Å². The SMILES string of the molecule is Cn1nc2ccc(-c3c[nH]c4nc(N5C6CC[C@H]5C[C@@H]6N)n(C)c(=O)c34)c(Cl)c2c1Cl. The van der Waals surface area contributed by atoms with Crippen molar-refractivity contribution in [2.45, 2.75) is 37.4 Å². The molecule has 2 aliphatic rings. The van der Waals surface area contributed by atoms with Crippen LogP contribution in [-0.4, -0.2) is 42.4 Å². The first-order chi connectivity index (χ1) is 14.9. The summed E-state index contributed by atoms with van der Waals surface area (Å²) in [5, 5.41) is 6.46. The number of nitrogens with zero attached hydrogens (tertiary/aromatic N) is 5. The number of halogens is 2. The van der Waals surface area contributed by atoms with Crippen LogP contribution in [0.1, 0.15) is 19.3 Å². The third-order valence-electron chi connectivity index (χ3n) is 6.86. The molecule has 10 heteroatoms. The van der Waals surface area contributed by atoms with Crippen LogP contribution in [0.2, 0.25) is 10.2 Å². The Labute approximate surface area is 187 Å². The number of rotatable bonds is 2. The molecule has 1 unspecified atom stereocenters. The lowest BCUT2D eigenvalue weighted by Crippen LogP contribution is -2.40. The van der Waals surface area contributed by atoms with Gasteiger partial charge in [-0.2, -0.15) is 10.1 Å². The van der Waals surface area contributed by atoms with Gasteiger partial charge in [-0.05, 0) is 25.3 Å². The number of aromatic amines is 1. The molecule has 0 amide bonds. The first-order valence-electron chi connectivity index (χ1n) is 10.3. The van der Waals surface area contributed by atoms with Gasteiger partial charge in [0.15, 0.2) is 0 Å². The van der Waals surface area contributed by atoms with E-state index < -0.39 is 0 Å². The highest BCUT2D eigenvalue weighted by atomic mass is 35.5. The molecule has 31 heavy (non-hydrogen) atoms. The van der Waals surface area contributed by atoms with Gasteiger partial charge in [0.2, 0.25) is 5.95 Å². The van der Waals surface area contributed by atoms with Gasteiger partial charge in [0.25, 0.3) is 5.56 Å². The van der Waals surface area contributed by atoms with E-state index in [1.165, 1.54) is 0 Å². The Kier molecular flexibility index (Phi) is 4.00. The van der Waals surface area contributed by atoms with Crippen LogP contribution in [0, 0.1) is 0 Å². The summed E-state index contributed by atoms with van der Waals surface area (Å²) in [6, 6.07) is 4.43. The molecule has 0 radical (unpaired) electrons. The molecule has 160 valence electrons. The number of H-pyrrole nitrogens is 1. The highest BCUT2D eigenvalue weighted by molar-refractivity contribution is 6.43. The molecule has 3 N–H and O–H groups in total. The minimum Gasteiger partial charge on any atom is -0.345 e. The summed E-state index contributed by atoms with van der Waals surface area (Å²) in [4.78, 5) is 23.7. The van der Waals surface area contributed by atoms with E-state index in [0.29, 0.717) is 55.2 Å². The number of aromatic nitrogens is 5. The number of hydrogen-bond donors (Lipinski definition) is 2. The van der Waals surface area contributed by atoms with Crippen molar-refractivity contribution in [1.29, 1.82) is 0 Å². The second kappa shape index (κ2) is 6.48. The van der Waals surface area contributed by atoms with Crippen molar-refractivity contribution in [2.75, 3.05) is 4.90 Å². The van der Waals surface area contributed by atoms with Crippen LogP contribution in [0.25, 0.3) is 33.1 Å². The van der Waals surface area contributed by atoms with Crippen LogP contribution in [0.15, 0.2) is 23.1 Å². The molecule has 3 atom stereocenters. The molecule has 5 heterocycles. The average Bonchev–Trinajstić information content (AvgIpc) is 3.48. The Balaban J connectivity index is 1.55. The van der Waals surface area contributed by atoms with E-state index in [1.54, 1.807) is 29.5 Å². The van der Waals surface area contributed by atoms with Gasteiger partial charge in [0, 0.05) is 49.5 Å². The third kappa shape index (κ3) is 2.49. The van der Waals surface area contributed by atoms with Gasteiger partial charge in [-0.1, -0.05) is 29.3 Å². The summed E-state index contributed by atoms with van der Waals surface area (Å²) in [6.07, 6.45) is 4.85. The molecular weight excluding hydrogens is 437 g/mol. The lowest BCUT2D eigenvalue weighted by molar-refractivity contribution is 0.503. The number of nitrogens with two attached hydrogens (primary N) is 1. The molecule has 2 aliphatic heterocycles. The summed E-state index contributed by atoms with van der Waals surface area (Å²) in [5.74, 6) is 0.670. The standard InChI is InChI=1S/C21H21Cl2N7O/c1-28-20(31)15-11(10-4-5-13-16(17(10)22)18(23)29(2)27-13)8-25-19(15)26-21(28)30-9-3-6-14(30)12(24)7-9/h4-5,8-9,12,14,25H,3,6-7,24H2,1-2H3/t9-,12-,14?/m0/s1. The van der Waals surface area contributed by atoms with Crippen molar-refractivity contribution >= 4 is 51.1 Å². The maximum Gasteiger partial charge on any atom is 0.264 e. The van der Waals surface area contributed by atoms with E-state index in [2.05, 4.69) is 15.0 Å². The first-order valence-corrected chi connectivity index (χ1v) is 11.1. The number of anilines is 1. The molecule has 3 aromatic heterocycles. The maximum atomic E-state index is 13.5. The zero-order valence-electron chi connectivity index (χ0n) is 17.1. The van der Waals surface area contributed by atoms with Crippen LogP contribution in [0.3, 0.4) is 0 Å². The van der Waals surface area contributed by atoms with E-state index >= 15 is 0 Å². The van der Waals surface area contributed by atoms with E-state index in [-0.39, 0.29) is 17.6 Å². The molecular formula is C21H21Cl2N7O. The summed E-state index contributed by atoms with van der Waals surface area (Å²) >= 11 is 13.1. The third-order valence-corrected chi connectivity index (χ3v) is 7.69. The fourth-order valence-electron chi connectivity index (χ4n) is 5.36. The number of benzene rings is 1. The van der Waals surface area contributed by atoms with Gasteiger partial charge >= 0.3 is 0 Å². The molecule has 2 bridgehead atoms. The van der Waals surface area contributed by atoms with Gasteiger partial charge in [-0.15, -0.1) is 0 Å². The van der Waals surface area contributed by atoms with E-state index in [0.717, 1.165) is 19.3 Å². The van der Waals surface area contributed by atoms with Crippen molar-refractivity contribution in [3.63, 3.8) is 0 Å². The van der Waals surface area contributed by atoms with Crippen LogP contribution in [0.5, 0.6) is 0 Å². The number of nitrogens with one attached hydrogen (secondary N) is 1. The van der Waals surface area contributed by atoms with Gasteiger partial charge < -0.3 is 15.6 Å².